The topological polar surface area (TPSA) is 55.2 Å². The van der Waals surface area contributed by atoms with Crippen LogP contribution in [0.3, 0.4) is 0 Å². The molecule has 6 aromatic rings. The van der Waals surface area contributed by atoms with Gasteiger partial charge >= 0.3 is 0 Å². The van der Waals surface area contributed by atoms with Crippen LogP contribution in [0.1, 0.15) is 40.3 Å². The lowest BCUT2D eigenvalue weighted by Crippen LogP contribution is -2.50. The molecule has 0 saturated carbocycles. The highest BCUT2D eigenvalue weighted by Gasteiger charge is 2.40. The molecule has 0 saturated heterocycles. The molecule has 0 bridgehead atoms. The Morgan fingerprint density at radius 3 is 1.71 bits per heavy atom. The second kappa shape index (κ2) is 15.3. The van der Waals surface area contributed by atoms with Crippen molar-refractivity contribution in [2.75, 3.05) is 25.7 Å². The van der Waals surface area contributed by atoms with Crippen molar-refractivity contribution >= 4 is 29.0 Å². The Labute approximate surface area is 309 Å². The van der Waals surface area contributed by atoms with Gasteiger partial charge in [-0.25, -0.2) is 9.38 Å². The van der Waals surface area contributed by atoms with Crippen molar-refractivity contribution in [1.82, 2.24) is 5.32 Å². The summed E-state index contributed by atoms with van der Waals surface area (Å²) < 4.78 is 27.1. The summed E-state index contributed by atoms with van der Waals surface area (Å²) >= 11 is 1.73. The Bertz CT molecular complexity index is 2090. The molecule has 0 spiro atoms. The molecule has 1 N–H and O–H groups in total. The summed E-state index contributed by atoms with van der Waals surface area (Å²) in [5.74, 6) is 3.21. The lowest BCUT2D eigenvalue weighted by atomic mass is 9.76. The molecule has 52 heavy (non-hydrogen) atoms. The number of nitrogens with one attached hydrogen (secondary N) is 1. The number of hydrogen-bond acceptors (Lipinski definition) is 6. The number of hydrogen-bond donors (Lipinski definition) is 1. The van der Waals surface area contributed by atoms with E-state index in [1.54, 1.807) is 32.0 Å². The van der Waals surface area contributed by atoms with Gasteiger partial charge in [0.15, 0.2) is 0 Å². The van der Waals surface area contributed by atoms with Crippen molar-refractivity contribution in [3.63, 3.8) is 0 Å². The van der Waals surface area contributed by atoms with Crippen LogP contribution in [0, 0.1) is 5.82 Å². The fraction of sp³-hybridized carbons (Fsp3) is 0.156. The van der Waals surface area contributed by atoms with Gasteiger partial charge in [-0.2, -0.15) is 11.8 Å². The van der Waals surface area contributed by atoms with Gasteiger partial charge in [0.1, 0.15) is 28.7 Å². The number of ether oxygens (including phenoxy) is 2. The maximum absolute atomic E-state index is 16.0. The summed E-state index contributed by atoms with van der Waals surface area (Å²) in [6.45, 7) is 2.01. The molecule has 1 atom stereocenters. The highest BCUT2D eigenvalue weighted by molar-refractivity contribution is 8.00. The van der Waals surface area contributed by atoms with E-state index in [9.17, 15) is 0 Å². The number of rotatable bonds is 10. The second-order valence-electron chi connectivity index (χ2n) is 12.9. The van der Waals surface area contributed by atoms with E-state index in [0.29, 0.717) is 22.8 Å². The Hall–Kier alpha value is -5.66. The molecule has 0 fully saturated rings. The number of methoxy groups -OCH3 is 2. The number of aliphatic imine (C=N–C) groups is 2. The molecule has 0 amide bonds. The van der Waals surface area contributed by atoms with E-state index in [2.05, 4.69) is 41.7 Å². The number of halogens is 1. The Morgan fingerprint density at radius 2 is 1.19 bits per heavy atom. The smallest absolute Gasteiger partial charge is 0.129 e. The van der Waals surface area contributed by atoms with E-state index < -0.39 is 11.1 Å². The third-order valence-corrected chi connectivity index (χ3v) is 10.7. The van der Waals surface area contributed by atoms with Gasteiger partial charge in [0.2, 0.25) is 0 Å². The zero-order valence-corrected chi connectivity index (χ0v) is 30.2. The monoisotopic (exact) mass is 705 g/mol. The highest BCUT2D eigenvalue weighted by Crippen LogP contribution is 2.41. The van der Waals surface area contributed by atoms with E-state index in [-0.39, 0.29) is 5.82 Å². The van der Waals surface area contributed by atoms with Gasteiger partial charge in [-0.05, 0) is 66.1 Å². The van der Waals surface area contributed by atoms with Crippen molar-refractivity contribution in [2.45, 2.75) is 18.0 Å². The predicted molar refractivity (Wildman–Crippen MR) is 212 cm³/mol. The second-order valence-corrected chi connectivity index (χ2v) is 13.9. The third-order valence-electron chi connectivity index (χ3n) is 9.45. The fourth-order valence-electron chi connectivity index (χ4n) is 6.83. The molecule has 1 heterocycles. The van der Waals surface area contributed by atoms with Crippen molar-refractivity contribution in [1.29, 1.82) is 0 Å². The van der Waals surface area contributed by atoms with E-state index in [4.69, 9.17) is 19.5 Å². The number of thioether (sulfide) groups is 1. The summed E-state index contributed by atoms with van der Waals surface area (Å²) in [5, 5.41) is 3.93. The lowest BCUT2D eigenvalue weighted by Gasteiger charge is -2.40. The minimum Gasteiger partial charge on any atom is -0.497 e. The molecule has 260 valence electrons. The molecule has 0 radical (unpaired) electrons. The SMILES string of the molecule is COc1ccc(C(NC2=NC(C)(c3cc(N=C(c4ccccc4)c4ccccc4)ccc3F)CSC2)(c2ccccc2)c2ccc(OC)cc2)cc1. The summed E-state index contributed by atoms with van der Waals surface area (Å²) in [6, 6.07) is 51.8. The average Bonchev–Trinajstić information content (AvgIpc) is 3.20. The number of benzene rings is 6. The van der Waals surface area contributed by atoms with Crippen molar-refractivity contribution in [3.8, 4) is 11.5 Å². The molecule has 1 unspecified atom stereocenters. The van der Waals surface area contributed by atoms with E-state index in [1.165, 1.54) is 6.07 Å². The summed E-state index contributed by atoms with van der Waals surface area (Å²) in [5.41, 5.74) is 5.27. The Balaban J connectivity index is 1.34. The third kappa shape index (κ3) is 7.10. The molecule has 7 rings (SSSR count). The molecule has 6 aromatic carbocycles. The van der Waals surface area contributed by atoms with Crippen molar-refractivity contribution in [3.05, 3.63) is 197 Å². The quantitative estimate of drug-likeness (QED) is 0.114. The summed E-state index contributed by atoms with van der Waals surface area (Å²) in [7, 11) is 3.33. The minimum absolute atomic E-state index is 0.312. The molecule has 1 aliphatic heterocycles. The highest BCUT2D eigenvalue weighted by atomic mass is 32.2. The van der Waals surface area contributed by atoms with Gasteiger partial charge in [0.25, 0.3) is 0 Å². The van der Waals surface area contributed by atoms with E-state index in [0.717, 1.165) is 50.9 Å². The van der Waals surface area contributed by atoms with Gasteiger partial charge in [-0.1, -0.05) is 115 Å². The van der Waals surface area contributed by atoms with Crippen LogP contribution < -0.4 is 14.8 Å². The minimum atomic E-state index is -0.872. The predicted octanol–water partition coefficient (Wildman–Crippen LogP) is 9.95. The maximum Gasteiger partial charge on any atom is 0.129 e. The van der Waals surface area contributed by atoms with Crippen LogP contribution in [0.15, 0.2) is 168 Å². The van der Waals surface area contributed by atoms with E-state index in [1.807, 2.05) is 116 Å². The molecule has 1 aliphatic rings. The first-order valence-corrected chi connectivity index (χ1v) is 18.4. The molecule has 0 aromatic heterocycles. The standard InChI is InChI=1S/C45H40FN3O2S/c1-44(40-29-37(23-28-41(40)46)47-43(32-13-7-4-8-14-32)33-15-9-5-10-16-33)31-52-30-42(48-44)49-45(34-17-11-6-12-18-34,35-19-24-38(50-2)25-20-35)36-21-26-39(51-3)27-22-36/h4-29H,30-31H2,1-3H3,(H,48,49). The normalized spacial score (nSPS) is 15.7. The van der Waals surface area contributed by atoms with Crippen molar-refractivity contribution in [2.24, 2.45) is 9.98 Å². The van der Waals surface area contributed by atoms with Crippen LogP contribution in [-0.2, 0) is 11.1 Å². The zero-order chi connectivity index (χ0) is 36.0. The number of nitrogens with zero attached hydrogens (tertiary/aromatic N) is 2. The first-order chi connectivity index (χ1) is 25.4. The van der Waals surface area contributed by atoms with Crippen LogP contribution in [0.5, 0.6) is 11.5 Å². The average molecular weight is 706 g/mol. The van der Waals surface area contributed by atoms with Crippen LogP contribution in [0.4, 0.5) is 10.1 Å². The van der Waals surface area contributed by atoms with Gasteiger partial charge in [0, 0.05) is 22.4 Å². The van der Waals surface area contributed by atoms with Gasteiger partial charge in [-0.3, -0.25) is 4.99 Å². The summed E-state index contributed by atoms with van der Waals surface area (Å²) in [6.07, 6.45) is 0. The van der Waals surface area contributed by atoms with Crippen LogP contribution in [0.25, 0.3) is 0 Å². The number of amidine groups is 1. The van der Waals surface area contributed by atoms with Crippen molar-refractivity contribution < 1.29 is 13.9 Å². The fourth-order valence-corrected chi connectivity index (χ4v) is 7.88. The van der Waals surface area contributed by atoms with Gasteiger partial charge < -0.3 is 14.8 Å². The molecular weight excluding hydrogens is 666 g/mol. The molecule has 0 aliphatic carbocycles. The summed E-state index contributed by atoms with van der Waals surface area (Å²) in [4.78, 5) is 10.5. The van der Waals surface area contributed by atoms with Crippen LogP contribution >= 0.6 is 11.8 Å². The van der Waals surface area contributed by atoms with E-state index >= 15 is 4.39 Å². The molecular formula is C45H40FN3O2S. The Kier molecular flexibility index (Phi) is 10.2. The largest absolute Gasteiger partial charge is 0.497 e. The maximum atomic E-state index is 16.0. The molecule has 5 nitrogen and oxygen atoms in total. The Morgan fingerprint density at radius 1 is 0.692 bits per heavy atom. The van der Waals surface area contributed by atoms with Crippen LogP contribution in [0.2, 0.25) is 0 Å². The molecule has 7 heteroatoms. The first kappa shape index (κ1) is 34.8. The van der Waals surface area contributed by atoms with Crippen LogP contribution in [-0.4, -0.2) is 37.3 Å². The first-order valence-electron chi connectivity index (χ1n) is 17.2. The van der Waals surface area contributed by atoms with Gasteiger partial charge in [-0.15, -0.1) is 0 Å². The lowest BCUT2D eigenvalue weighted by molar-refractivity contribution is 0.413. The van der Waals surface area contributed by atoms with Gasteiger partial charge in [0.05, 0.1) is 36.9 Å². The zero-order valence-electron chi connectivity index (χ0n) is 29.4.